The lowest BCUT2D eigenvalue weighted by Gasteiger charge is -2.14. The Hall–Kier alpha value is -0.850. The third kappa shape index (κ3) is 3.33. The maximum Gasteiger partial charge on any atom is 0.268 e. The average Bonchev–Trinajstić information content (AvgIpc) is 2.59. The standard InChI is InChI=1S/C10H15BrN2O3/c1-13-6-7(11)4-8(13)10(14)12-5-9(15-2)16-3/h4,6,9H,5H2,1-3H3,(H,12,14). The SMILES string of the molecule is COC(CNC(=O)c1cc(Br)cn1C)OC. The lowest BCUT2D eigenvalue weighted by molar-refractivity contribution is -0.0974. The molecule has 1 aromatic heterocycles. The van der Waals surface area contributed by atoms with Crippen molar-refractivity contribution in [3.05, 3.63) is 22.4 Å². The lowest BCUT2D eigenvalue weighted by Crippen LogP contribution is -2.34. The molecular formula is C10H15BrN2O3. The Bertz CT molecular complexity index is 361. The van der Waals surface area contributed by atoms with E-state index in [1.54, 1.807) is 10.6 Å². The van der Waals surface area contributed by atoms with E-state index < -0.39 is 6.29 Å². The Morgan fingerprint density at radius 2 is 2.19 bits per heavy atom. The molecule has 0 spiro atoms. The zero-order valence-electron chi connectivity index (χ0n) is 9.49. The van der Waals surface area contributed by atoms with Crippen molar-refractivity contribution in [3.8, 4) is 0 Å². The highest BCUT2D eigenvalue weighted by Gasteiger charge is 2.13. The second-order valence-corrected chi connectivity index (χ2v) is 4.18. The minimum absolute atomic E-state index is 0.160. The normalized spacial score (nSPS) is 10.8. The number of halogens is 1. The van der Waals surface area contributed by atoms with E-state index in [1.807, 2.05) is 13.2 Å². The number of methoxy groups -OCH3 is 2. The summed E-state index contributed by atoms with van der Waals surface area (Å²) in [6, 6.07) is 1.75. The molecule has 0 saturated heterocycles. The molecule has 0 saturated carbocycles. The fourth-order valence-corrected chi connectivity index (χ4v) is 1.80. The van der Waals surface area contributed by atoms with E-state index in [0.29, 0.717) is 12.2 Å². The zero-order valence-corrected chi connectivity index (χ0v) is 11.1. The second-order valence-electron chi connectivity index (χ2n) is 3.27. The summed E-state index contributed by atoms with van der Waals surface area (Å²) in [7, 11) is 4.86. The van der Waals surface area contributed by atoms with Gasteiger partial charge < -0.3 is 19.4 Å². The number of rotatable bonds is 5. The van der Waals surface area contributed by atoms with Gasteiger partial charge in [-0.05, 0) is 22.0 Å². The van der Waals surface area contributed by atoms with Gasteiger partial charge in [-0.3, -0.25) is 4.79 Å². The monoisotopic (exact) mass is 290 g/mol. The molecule has 1 aromatic rings. The molecule has 0 atom stereocenters. The van der Waals surface area contributed by atoms with E-state index >= 15 is 0 Å². The summed E-state index contributed by atoms with van der Waals surface area (Å²) in [5.41, 5.74) is 0.581. The van der Waals surface area contributed by atoms with Crippen molar-refractivity contribution in [1.82, 2.24) is 9.88 Å². The Kier molecular flexibility index (Phi) is 4.98. The van der Waals surface area contributed by atoms with Crippen molar-refractivity contribution in [2.75, 3.05) is 20.8 Å². The number of aryl methyl sites for hydroxylation is 1. The summed E-state index contributed by atoms with van der Waals surface area (Å²) in [6.45, 7) is 0.314. The molecule has 0 aliphatic heterocycles. The van der Waals surface area contributed by atoms with E-state index in [1.165, 1.54) is 14.2 Å². The van der Waals surface area contributed by atoms with Gasteiger partial charge in [-0.2, -0.15) is 0 Å². The first kappa shape index (κ1) is 13.2. The molecule has 16 heavy (non-hydrogen) atoms. The number of nitrogens with one attached hydrogen (secondary N) is 1. The molecule has 0 unspecified atom stereocenters. The molecule has 5 nitrogen and oxygen atoms in total. The van der Waals surface area contributed by atoms with Gasteiger partial charge in [-0.15, -0.1) is 0 Å². The molecule has 1 N–H and O–H groups in total. The van der Waals surface area contributed by atoms with Crippen molar-refractivity contribution in [1.29, 1.82) is 0 Å². The molecule has 0 radical (unpaired) electrons. The van der Waals surface area contributed by atoms with Crippen LogP contribution in [0, 0.1) is 0 Å². The van der Waals surface area contributed by atoms with Crippen LogP contribution >= 0.6 is 15.9 Å². The molecule has 0 fully saturated rings. The van der Waals surface area contributed by atoms with E-state index in [2.05, 4.69) is 21.2 Å². The molecule has 0 aromatic carbocycles. The first-order chi connectivity index (χ1) is 7.58. The van der Waals surface area contributed by atoms with E-state index in [4.69, 9.17) is 9.47 Å². The van der Waals surface area contributed by atoms with Gasteiger partial charge in [0, 0.05) is 31.9 Å². The van der Waals surface area contributed by atoms with Crippen LogP contribution in [0.15, 0.2) is 16.7 Å². The van der Waals surface area contributed by atoms with Gasteiger partial charge in [0.2, 0.25) is 0 Å². The van der Waals surface area contributed by atoms with Crippen molar-refractivity contribution in [3.63, 3.8) is 0 Å². The maximum atomic E-state index is 11.8. The van der Waals surface area contributed by atoms with Crippen LogP contribution in [0.3, 0.4) is 0 Å². The second kappa shape index (κ2) is 6.03. The van der Waals surface area contributed by atoms with Crippen LogP contribution in [0.5, 0.6) is 0 Å². The topological polar surface area (TPSA) is 52.5 Å². The number of amides is 1. The van der Waals surface area contributed by atoms with Gasteiger partial charge in [0.1, 0.15) is 5.69 Å². The Morgan fingerprint density at radius 1 is 1.56 bits per heavy atom. The summed E-state index contributed by atoms with van der Waals surface area (Å²) in [5.74, 6) is -0.160. The molecule has 1 heterocycles. The fourth-order valence-electron chi connectivity index (χ4n) is 1.28. The third-order valence-electron chi connectivity index (χ3n) is 2.16. The molecule has 0 aliphatic carbocycles. The van der Waals surface area contributed by atoms with Gasteiger partial charge >= 0.3 is 0 Å². The van der Waals surface area contributed by atoms with Crippen molar-refractivity contribution in [2.45, 2.75) is 6.29 Å². The van der Waals surface area contributed by atoms with Crippen molar-refractivity contribution >= 4 is 21.8 Å². The largest absolute Gasteiger partial charge is 0.354 e. The molecule has 1 amide bonds. The molecular weight excluding hydrogens is 276 g/mol. The van der Waals surface area contributed by atoms with E-state index in [-0.39, 0.29) is 5.91 Å². The lowest BCUT2D eigenvalue weighted by atomic mass is 10.4. The molecule has 90 valence electrons. The summed E-state index contributed by atoms with van der Waals surface area (Å²) in [6.07, 6.45) is 1.40. The van der Waals surface area contributed by atoms with Crippen molar-refractivity contribution in [2.24, 2.45) is 7.05 Å². The van der Waals surface area contributed by atoms with Crippen LogP contribution in [0.2, 0.25) is 0 Å². The number of carbonyl (C=O) groups is 1. The third-order valence-corrected chi connectivity index (χ3v) is 2.59. The van der Waals surface area contributed by atoms with E-state index in [0.717, 1.165) is 4.47 Å². The highest BCUT2D eigenvalue weighted by Crippen LogP contribution is 2.13. The predicted octanol–water partition coefficient (Wildman–Crippen LogP) is 1.14. The highest BCUT2D eigenvalue weighted by atomic mass is 79.9. The van der Waals surface area contributed by atoms with Gasteiger partial charge in [-0.1, -0.05) is 0 Å². The molecule has 6 heteroatoms. The fraction of sp³-hybridized carbons (Fsp3) is 0.500. The van der Waals surface area contributed by atoms with Crippen molar-refractivity contribution < 1.29 is 14.3 Å². The Morgan fingerprint density at radius 3 is 2.62 bits per heavy atom. The smallest absolute Gasteiger partial charge is 0.268 e. The Balaban J connectivity index is 2.56. The maximum absolute atomic E-state index is 11.8. The number of nitrogens with zero attached hydrogens (tertiary/aromatic N) is 1. The number of ether oxygens (including phenoxy) is 2. The summed E-state index contributed by atoms with van der Waals surface area (Å²) >= 11 is 3.31. The van der Waals surface area contributed by atoms with Crippen LogP contribution in [-0.2, 0) is 16.5 Å². The van der Waals surface area contributed by atoms with Gasteiger partial charge in [-0.25, -0.2) is 0 Å². The average molecular weight is 291 g/mol. The quantitative estimate of drug-likeness (QED) is 0.828. The van der Waals surface area contributed by atoms with E-state index in [9.17, 15) is 4.79 Å². The van der Waals surface area contributed by atoms with Crippen LogP contribution in [-0.4, -0.2) is 37.5 Å². The highest BCUT2D eigenvalue weighted by molar-refractivity contribution is 9.10. The van der Waals surface area contributed by atoms with Crippen LogP contribution in [0.1, 0.15) is 10.5 Å². The predicted molar refractivity (Wildman–Crippen MR) is 63.3 cm³/mol. The van der Waals surface area contributed by atoms with Gasteiger partial charge in [0.25, 0.3) is 5.91 Å². The van der Waals surface area contributed by atoms with Crippen LogP contribution < -0.4 is 5.32 Å². The summed E-state index contributed by atoms with van der Waals surface area (Å²) in [5, 5.41) is 2.72. The van der Waals surface area contributed by atoms with Gasteiger partial charge in [0.15, 0.2) is 6.29 Å². The number of hydrogen-bond donors (Lipinski definition) is 1. The first-order valence-corrected chi connectivity index (χ1v) is 5.53. The minimum Gasteiger partial charge on any atom is -0.354 e. The molecule has 0 bridgehead atoms. The zero-order chi connectivity index (χ0) is 12.1. The van der Waals surface area contributed by atoms with Crippen LogP contribution in [0.25, 0.3) is 0 Å². The number of carbonyl (C=O) groups excluding carboxylic acids is 1. The summed E-state index contributed by atoms with van der Waals surface area (Å²) in [4.78, 5) is 11.8. The summed E-state index contributed by atoms with van der Waals surface area (Å²) < 4.78 is 12.6. The van der Waals surface area contributed by atoms with Crippen LogP contribution in [0.4, 0.5) is 0 Å². The number of aromatic nitrogens is 1. The molecule has 0 aliphatic rings. The minimum atomic E-state index is -0.423. The van der Waals surface area contributed by atoms with Gasteiger partial charge in [0.05, 0.1) is 6.54 Å². The Labute approximate surface area is 103 Å². The first-order valence-electron chi connectivity index (χ1n) is 4.74. The number of hydrogen-bond acceptors (Lipinski definition) is 3. The molecule has 1 rings (SSSR count).